The molecule has 0 radical (unpaired) electrons. The minimum Gasteiger partial charge on any atom is -0.454 e. The summed E-state index contributed by atoms with van der Waals surface area (Å²) in [5.74, 6) is 0.318. The van der Waals surface area contributed by atoms with Gasteiger partial charge in [0.15, 0.2) is 11.5 Å². The normalized spacial score (nSPS) is 21.7. The van der Waals surface area contributed by atoms with Crippen molar-refractivity contribution in [3.63, 3.8) is 0 Å². The zero-order valence-electron chi connectivity index (χ0n) is 17.4. The Morgan fingerprint density at radius 2 is 1.94 bits per heavy atom. The fraction of sp³-hybridized carbons (Fsp3) is 0.318. The zero-order chi connectivity index (χ0) is 23.4. The number of carbonyl (C=O) groups excluding carboxylic acids is 1. The van der Waals surface area contributed by atoms with Crippen LogP contribution in [-0.4, -0.2) is 51.1 Å². The number of amides is 1. The van der Waals surface area contributed by atoms with Gasteiger partial charge in [-0.05, 0) is 35.9 Å². The summed E-state index contributed by atoms with van der Waals surface area (Å²) < 4.78 is 57.1. The van der Waals surface area contributed by atoms with Crippen LogP contribution in [-0.2, 0) is 26.1 Å². The number of benzene rings is 2. The lowest BCUT2D eigenvalue weighted by Crippen LogP contribution is -2.49. The monoisotopic (exact) mass is 478 g/mol. The molecular weight excluding hydrogens is 455 g/mol. The Balaban J connectivity index is 1.33. The third kappa shape index (κ3) is 5.69. The van der Waals surface area contributed by atoms with Gasteiger partial charge < -0.3 is 24.6 Å². The fourth-order valence-corrected chi connectivity index (χ4v) is 4.75. The van der Waals surface area contributed by atoms with Crippen LogP contribution >= 0.6 is 0 Å². The van der Waals surface area contributed by atoms with E-state index in [1.807, 2.05) is 6.07 Å². The minimum absolute atomic E-state index is 0.0130. The molecule has 2 heterocycles. The van der Waals surface area contributed by atoms with Crippen LogP contribution in [0.3, 0.4) is 0 Å². The first-order valence-electron chi connectivity index (χ1n) is 10.2. The third-order valence-corrected chi connectivity index (χ3v) is 6.63. The molecule has 4 rings (SSSR count). The van der Waals surface area contributed by atoms with Crippen LogP contribution in [0.15, 0.2) is 59.5 Å². The molecule has 0 bridgehead atoms. The van der Waals surface area contributed by atoms with Gasteiger partial charge in [-0.3, -0.25) is 4.79 Å². The first kappa shape index (κ1) is 23.2. The van der Waals surface area contributed by atoms with E-state index in [1.165, 1.54) is 18.2 Å². The number of nitrogens with one attached hydrogen (secondary N) is 2. The second-order valence-electron chi connectivity index (χ2n) is 7.55. The molecule has 2 aliphatic heterocycles. The highest BCUT2D eigenvalue weighted by Gasteiger charge is 2.31. The van der Waals surface area contributed by atoms with E-state index in [9.17, 15) is 22.7 Å². The Kier molecular flexibility index (Phi) is 6.94. The van der Waals surface area contributed by atoms with E-state index in [2.05, 4.69) is 10.0 Å². The van der Waals surface area contributed by atoms with Gasteiger partial charge in [-0.1, -0.05) is 24.3 Å². The summed E-state index contributed by atoms with van der Waals surface area (Å²) in [6.45, 7) is -0.0245. The molecule has 2 aliphatic rings. The average Bonchev–Trinajstić information content (AvgIpc) is 3.26. The first-order chi connectivity index (χ1) is 15.8. The van der Waals surface area contributed by atoms with Gasteiger partial charge in [0.2, 0.25) is 22.7 Å². The zero-order valence-corrected chi connectivity index (χ0v) is 18.3. The maximum atomic E-state index is 13.4. The summed E-state index contributed by atoms with van der Waals surface area (Å²) >= 11 is 0. The summed E-state index contributed by atoms with van der Waals surface area (Å²) in [5, 5.41) is 12.5. The molecule has 1 amide bonds. The Morgan fingerprint density at radius 3 is 2.73 bits per heavy atom. The summed E-state index contributed by atoms with van der Waals surface area (Å²) in [6, 6.07) is 9.10. The molecular formula is C22H23FN2O7S. The number of aliphatic hydroxyl groups is 1. The topological polar surface area (TPSA) is 123 Å². The predicted molar refractivity (Wildman–Crippen MR) is 114 cm³/mol. The molecule has 33 heavy (non-hydrogen) atoms. The molecule has 0 spiro atoms. The second kappa shape index (κ2) is 9.87. The number of sulfonamides is 1. The molecule has 3 N–H and O–H groups in total. The number of aliphatic hydroxyl groups excluding tert-OH is 1. The average molecular weight is 478 g/mol. The van der Waals surface area contributed by atoms with Crippen molar-refractivity contribution < 1.29 is 36.9 Å². The number of fused-ring (bicyclic) bond motifs is 1. The SMILES string of the molecule is O=C(C[C@@H]1C=C[C@H](NS(=O)(=O)c2cccc(F)c2)[C@H](CO)O1)NCc1ccc2c(c1)OCO2. The molecule has 0 saturated carbocycles. The van der Waals surface area contributed by atoms with Crippen LogP contribution in [0, 0.1) is 5.82 Å². The molecule has 0 aromatic heterocycles. The number of rotatable bonds is 8. The Hall–Kier alpha value is -2.99. The highest BCUT2D eigenvalue weighted by atomic mass is 32.2. The van der Waals surface area contributed by atoms with Gasteiger partial charge in [-0.15, -0.1) is 0 Å². The van der Waals surface area contributed by atoms with E-state index in [1.54, 1.807) is 18.2 Å². The van der Waals surface area contributed by atoms with Crippen molar-refractivity contribution >= 4 is 15.9 Å². The third-order valence-electron chi connectivity index (χ3n) is 5.17. The lowest BCUT2D eigenvalue weighted by molar-refractivity contribution is -0.125. The molecule has 2 aromatic rings. The number of hydrogen-bond acceptors (Lipinski definition) is 7. The largest absolute Gasteiger partial charge is 0.454 e. The van der Waals surface area contributed by atoms with Crippen LogP contribution in [0.5, 0.6) is 11.5 Å². The molecule has 0 saturated heterocycles. The molecule has 3 atom stereocenters. The molecule has 176 valence electrons. The van der Waals surface area contributed by atoms with E-state index >= 15 is 0 Å². The van der Waals surface area contributed by atoms with Crippen molar-refractivity contribution in [2.24, 2.45) is 0 Å². The van der Waals surface area contributed by atoms with Crippen LogP contribution in [0.4, 0.5) is 4.39 Å². The summed E-state index contributed by atoms with van der Waals surface area (Å²) in [6.07, 6.45) is 1.52. The second-order valence-corrected chi connectivity index (χ2v) is 9.27. The fourth-order valence-electron chi connectivity index (χ4n) is 3.50. The van der Waals surface area contributed by atoms with Crippen molar-refractivity contribution in [3.8, 4) is 11.5 Å². The minimum atomic E-state index is -4.04. The standard InChI is InChI=1S/C22H23FN2O7S/c23-15-2-1-3-17(9-15)33(28,29)25-18-6-5-16(32-21(18)12-26)10-22(27)24-11-14-4-7-19-20(8-14)31-13-30-19/h1-9,16,18,21,25-26H,10-13H2,(H,24,27)/t16-,18-,21-/m0/s1. The van der Waals surface area contributed by atoms with Crippen LogP contribution < -0.4 is 19.5 Å². The maximum absolute atomic E-state index is 13.4. The smallest absolute Gasteiger partial charge is 0.241 e. The number of ether oxygens (including phenoxy) is 3. The highest BCUT2D eigenvalue weighted by molar-refractivity contribution is 7.89. The van der Waals surface area contributed by atoms with Gasteiger partial charge in [0, 0.05) is 6.54 Å². The van der Waals surface area contributed by atoms with Gasteiger partial charge in [-0.2, -0.15) is 0 Å². The molecule has 0 fully saturated rings. The lowest BCUT2D eigenvalue weighted by Gasteiger charge is -2.31. The molecule has 0 unspecified atom stereocenters. The van der Waals surface area contributed by atoms with Crippen molar-refractivity contribution in [1.82, 2.24) is 10.0 Å². The van der Waals surface area contributed by atoms with E-state index in [-0.39, 0.29) is 30.6 Å². The van der Waals surface area contributed by atoms with E-state index in [0.717, 1.165) is 17.7 Å². The van der Waals surface area contributed by atoms with Gasteiger partial charge in [0.1, 0.15) is 11.9 Å². The molecule has 9 nitrogen and oxygen atoms in total. The van der Waals surface area contributed by atoms with E-state index < -0.39 is 40.7 Å². The van der Waals surface area contributed by atoms with Crippen LogP contribution in [0.1, 0.15) is 12.0 Å². The van der Waals surface area contributed by atoms with Crippen molar-refractivity contribution in [1.29, 1.82) is 0 Å². The van der Waals surface area contributed by atoms with Gasteiger partial charge in [0.05, 0.1) is 30.1 Å². The van der Waals surface area contributed by atoms with Gasteiger partial charge in [0.25, 0.3) is 0 Å². The van der Waals surface area contributed by atoms with Gasteiger partial charge in [-0.25, -0.2) is 17.5 Å². The van der Waals surface area contributed by atoms with Crippen LogP contribution in [0.2, 0.25) is 0 Å². The Morgan fingerprint density at radius 1 is 1.12 bits per heavy atom. The first-order valence-corrected chi connectivity index (χ1v) is 11.7. The Bertz CT molecular complexity index is 1160. The van der Waals surface area contributed by atoms with Crippen molar-refractivity contribution in [3.05, 3.63) is 66.0 Å². The number of halogens is 1. The van der Waals surface area contributed by atoms with Gasteiger partial charge >= 0.3 is 0 Å². The van der Waals surface area contributed by atoms with E-state index in [0.29, 0.717) is 11.5 Å². The lowest BCUT2D eigenvalue weighted by atomic mass is 10.1. The molecule has 0 aliphatic carbocycles. The van der Waals surface area contributed by atoms with Crippen LogP contribution in [0.25, 0.3) is 0 Å². The van der Waals surface area contributed by atoms with Crippen molar-refractivity contribution in [2.45, 2.75) is 36.1 Å². The predicted octanol–water partition coefficient (Wildman–Crippen LogP) is 1.22. The number of hydrogen-bond donors (Lipinski definition) is 3. The molecule has 11 heteroatoms. The highest BCUT2D eigenvalue weighted by Crippen LogP contribution is 2.32. The summed E-state index contributed by atoms with van der Waals surface area (Å²) in [7, 11) is -4.04. The quantitative estimate of drug-likeness (QED) is 0.488. The Labute approximate surface area is 190 Å². The summed E-state index contributed by atoms with van der Waals surface area (Å²) in [4.78, 5) is 12.1. The van der Waals surface area contributed by atoms with E-state index in [4.69, 9.17) is 14.2 Å². The maximum Gasteiger partial charge on any atom is 0.241 e. The number of carbonyl (C=O) groups is 1. The summed E-state index contributed by atoms with van der Waals surface area (Å²) in [5.41, 5.74) is 0.841. The molecule has 2 aromatic carbocycles. The van der Waals surface area contributed by atoms with Crippen molar-refractivity contribution in [2.75, 3.05) is 13.4 Å².